The molecule has 8 heteroatoms. The Labute approximate surface area is 210 Å². The first-order valence-corrected chi connectivity index (χ1v) is 12.6. The molecule has 2 N–H and O–H groups in total. The number of imide groups is 1. The van der Waals surface area contributed by atoms with E-state index in [-0.39, 0.29) is 24.0 Å². The van der Waals surface area contributed by atoms with E-state index >= 15 is 0 Å². The van der Waals surface area contributed by atoms with Gasteiger partial charge < -0.3 is 15.0 Å². The molecule has 1 aliphatic carbocycles. The molecule has 2 unspecified atom stereocenters. The number of fused-ring (bicyclic) bond motifs is 1. The predicted octanol–water partition coefficient (Wildman–Crippen LogP) is 3.33. The SMILES string of the molecule is N#Cc1ccccc1CNC1CCCC[C@H]1Oc1ccc2c(c1)CN(C1CCC(=O)NC1=O)C2=S. The monoisotopic (exact) mass is 488 g/mol. The van der Waals surface area contributed by atoms with Crippen LogP contribution in [0.25, 0.3) is 0 Å². The number of hydrogen-bond acceptors (Lipinski definition) is 6. The molecule has 0 bridgehead atoms. The molecule has 2 aliphatic heterocycles. The molecule has 3 aliphatic rings. The Kier molecular flexibility index (Phi) is 6.80. The number of nitriles is 1. The molecule has 2 amide bonds. The van der Waals surface area contributed by atoms with Crippen LogP contribution in [0.1, 0.15) is 60.8 Å². The first-order chi connectivity index (χ1) is 17.0. The van der Waals surface area contributed by atoms with Crippen LogP contribution in [-0.4, -0.2) is 39.9 Å². The third kappa shape index (κ3) is 4.93. The number of thiocarbonyl (C=S) groups is 1. The number of benzene rings is 2. The molecule has 35 heavy (non-hydrogen) atoms. The highest BCUT2D eigenvalue weighted by Gasteiger charge is 2.37. The summed E-state index contributed by atoms with van der Waals surface area (Å²) in [4.78, 5) is 26.5. The third-order valence-corrected chi connectivity index (χ3v) is 7.63. The van der Waals surface area contributed by atoms with E-state index in [1.54, 1.807) is 0 Å². The van der Waals surface area contributed by atoms with Crippen molar-refractivity contribution in [1.82, 2.24) is 15.5 Å². The lowest BCUT2D eigenvalue weighted by atomic mass is 9.92. The van der Waals surface area contributed by atoms with Gasteiger partial charge in [-0.15, -0.1) is 0 Å². The van der Waals surface area contributed by atoms with Gasteiger partial charge in [0.1, 0.15) is 22.9 Å². The second-order valence-electron chi connectivity index (χ2n) is 9.42. The fourth-order valence-electron chi connectivity index (χ4n) is 5.29. The number of carbonyl (C=O) groups is 2. The molecule has 1 saturated carbocycles. The highest BCUT2D eigenvalue weighted by atomic mass is 32.1. The maximum absolute atomic E-state index is 12.4. The lowest BCUT2D eigenvalue weighted by molar-refractivity contribution is -0.136. The summed E-state index contributed by atoms with van der Waals surface area (Å²) in [5, 5.41) is 15.4. The van der Waals surface area contributed by atoms with Crippen LogP contribution in [0.15, 0.2) is 42.5 Å². The van der Waals surface area contributed by atoms with Gasteiger partial charge in [-0.05, 0) is 61.1 Å². The predicted molar refractivity (Wildman–Crippen MR) is 135 cm³/mol. The van der Waals surface area contributed by atoms with Gasteiger partial charge in [-0.25, -0.2) is 0 Å². The number of ether oxygens (including phenoxy) is 1. The summed E-state index contributed by atoms with van der Waals surface area (Å²) in [6.07, 6.45) is 5.11. The summed E-state index contributed by atoms with van der Waals surface area (Å²) in [7, 11) is 0. The Balaban J connectivity index is 1.26. The van der Waals surface area contributed by atoms with Gasteiger partial charge in [0.05, 0.1) is 11.6 Å². The number of amides is 2. The second kappa shape index (κ2) is 10.1. The lowest BCUT2D eigenvalue weighted by Gasteiger charge is -2.33. The minimum atomic E-state index is -0.416. The summed E-state index contributed by atoms with van der Waals surface area (Å²) in [5.74, 6) is 0.297. The van der Waals surface area contributed by atoms with Crippen LogP contribution < -0.4 is 15.4 Å². The molecule has 0 radical (unpaired) electrons. The fraction of sp³-hybridized carbons (Fsp3) is 0.407. The molecule has 2 heterocycles. The lowest BCUT2D eigenvalue weighted by Crippen LogP contribution is -2.52. The van der Waals surface area contributed by atoms with Crippen LogP contribution in [0.2, 0.25) is 0 Å². The van der Waals surface area contributed by atoms with Crippen molar-refractivity contribution in [3.8, 4) is 11.8 Å². The molecule has 3 atom stereocenters. The van der Waals surface area contributed by atoms with Crippen LogP contribution in [-0.2, 0) is 22.7 Å². The Morgan fingerprint density at radius 2 is 1.97 bits per heavy atom. The molecule has 5 rings (SSSR count). The summed E-state index contributed by atoms with van der Waals surface area (Å²) in [6.45, 7) is 1.17. The Morgan fingerprint density at radius 3 is 2.80 bits per heavy atom. The average molecular weight is 489 g/mol. The van der Waals surface area contributed by atoms with Gasteiger partial charge >= 0.3 is 0 Å². The summed E-state index contributed by atoms with van der Waals surface area (Å²) in [6, 6.07) is 15.7. The molecule has 7 nitrogen and oxygen atoms in total. The van der Waals surface area contributed by atoms with E-state index in [1.165, 1.54) is 0 Å². The van der Waals surface area contributed by atoms with Crippen LogP contribution >= 0.6 is 12.2 Å². The van der Waals surface area contributed by atoms with Crippen molar-refractivity contribution in [2.75, 3.05) is 0 Å². The highest BCUT2D eigenvalue weighted by molar-refractivity contribution is 7.80. The topological polar surface area (TPSA) is 94.5 Å². The first kappa shape index (κ1) is 23.5. The highest BCUT2D eigenvalue weighted by Crippen LogP contribution is 2.32. The quantitative estimate of drug-likeness (QED) is 0.476. The van der Waals surface area contributed by atoms with Gasteiger partial charge in [0.2, 0.25) is 11.8 Å². The molecule has 0 spiro atoms. The zero-order chi connectivity index (χ0) is 24.4. The van der Waals surface area contributed by atoms with Crippen molar-refractivity contribution in [2.24, 2.45) is 0 Å². The van der Waals surface area contributed by atoms with Crippen molar-refractivity contribution in [3.63, 3.8) is 0 Å². The number of nitrogens with one attached hydrogen (secondary N) is 2. The zero-order valence-corrected chi connectivity index (χ0v) is 20.3. The number of piperidine rings is 1. The maximum atomic E-state index is 12.4. The van der Waals surface area contributed by atoms with Gasteiger partial charge in [-0.3, -0.25) is 14.9 Å². The molecule has 2 aromatic carbocycles. The standard InChI is InChI=1S/C27H28N4O3S/c28-14-17-5-1-2-6-18(17)15-29-22-7-3-4-8-24(22)34-20-9-10-21-19(13-20)16-31(27(21)35)23-11-12-25(32)30-26(23)33/h1-2,5-6,9-10,13,22-24,29H,3-4,7-8,11-12,15-16H2,(H,30,32,33)/t22?,23?,24-/m1/s1. The van der Waals surface area contributed by atoms with Gasteiger partial charge in [0, 0.05) is 31.1 Å². The van der Waals surface area contributed by atoms with E-state index < -0.39 is 6.04 Å². The zero-order valence-electron chi connectivity index (χ0n) is 19.5. The van der Waals surface area contributed by atoms with Crippen LogP contribution in [0.5, 0.6) is 5.75 Å². The van der Waals surface area contributed by atoms with E-state index in [2.05, 4.69) is 16.7 Å². The van der Waals surface area contributed by atoms with Crippen molar-refractivity contribution in [1.29, 1.82) is 5.26 Å². The summed E-state index contributed by atoms with van der Waals surface area (Å²) < 4.78 is 6.48. The molecular formula is C27H28N4O3S. The molecule has 180 valence electrons. The molecular weight excluding hydrogens is 460 g/mol. The molecule has 0 aromatic heterocycles. The van der Waals surface area contributed by atoms with Crippen LogP contribution in [0, 0.1) is 11.3 Å². The number of carbonyl (C=O) groups excluding carboxylic acids is 2. The molecule has 1 saturated heterocycles. The van der Waals surface area contributed by atoms with Gasteiger partial charge in [-0.1, -0.05) is 36.8 Å². The molecule has 2 fully saturated rings. The Morgan fingerprint density at radius 1 is 1.14 bits per heavy atom. The number of nitrogens with zero attached hydrogens (tertiary/aromatic N) is 2. The van der Waals surface area contributed by atoms with Gasteiger partial charge in [0.15, 0.2) is 0 Å². The van der Waals surface area contributed by atoms with Crippen molar-refractivity contribution < 1.29 is 14.3 Å². The summed E-state index contributed by atoms with van der Waals surface area (Å²) >= 11 is 5.67. The molecule has 2 aromatic rings. The second-order valence-corrected chi connectivity index (χ2v) is 9.80. The minimum absolute atomic E-state index is 0.0376. The maximum Gasteiger partial charge on any atom is 0.249 e. The van der Waals surface area contributed by atoms with Gasteiger partial charge in [-0.2, -0.15) is 5.26 Å². The van der Waals surface area contributed by atoms with Crippen LogP contribution in [0.4, 0.5) is 0 Å². The number of rotatable bonds is 6. The Bertz CT molecular complexity index is 1210. The van der Waals surface area contributed by atoms with Crippen molar-refractivity contribution in [3.05, 3.63) is 64.7 Å². The average Bonchev–Trinajstić information content (AvgIpc) is 3.19. The van der Waals surface area contributed by atoms with E-state index in [9.17, 15) is 14.9 Å². The van der Waals surface area contributed by atoms with E-state index in [4.69, 9.17) is 17.0 Å². The largest absolute Gasteiger partial charge is 0.489 e. The third-order valence-electron chi connectivity index (χ3n) is 7.18. The van der Waals surface area contributed by atoms with E-state index in [0.29, 0.717) is 36.5 Å². The number of hydrogen-bond donors (Lipinski definition) is 2. The normalized spacial score (nSPS) is 24.0. The van der Waals surface area contributed by atoms with Crippen molar-refractivity contribution in [2.45, 2.75) is 69.8 Å². The minimum Gasteiger partial charge on any atom is -0.489 e. The fourth-order valence-corrected chi connectivity index (χ4v) is 5.69. The van der Waals surface area contributed by atoms with E-state index in [0.717, 1.165) is 48.1 Å². The van der Waals surface area contributed by atoms with Crippen LogP contribution in [0.3, 0.4) is 0 Å². The van der Waals surface area contributed by atoms with Gasteiger partial charge in [0.25, 0.3) is 0 Å². The first-order valence-electron chi connectivity index (χ1n) is 12.2. The smallest absolute Gasteiger partial charge is 0.249 e. The van der Waals surface area contributed by atoms with Crippen molar-refractivity contribution >= 4 is 29.0 Å². The Hall–Kier alpha value is -3.28. The summed E-state index contributed by atoms with van der Waals surface area (Å²) in [5.41, 5.74) is 3.69. The van der Waals surface area contributed by atoms with E-state index in [1.807, 2.05) is 47.4 Å².